The lowest BCUT2D eigenvalue weighted by Crippen LogP contribution is -2.45. The number of ether oxygens (including phenoxy) is 5. The number of morpholine rings is 1. The summed E-state index contributed by atoms with van der Waals surface area (Å²) < 4.78 is 71.0. The molecule has 0 saturated carbocycles. The van der Waals surface area contributed by atoms with E-state index in [4.69, 9.17) is 23.7 Å². The summed E-state index contributed by atoms with van der Waals surface area (Å²) in [6.45, 7) is 13.3. The van der Waals surface area contributed by atoms with Gasteiger partial charge in [0.2, 0.25) is 0 Å². The van der Waals surface area contributed by atoms with Crippen molar-refractivity contribution in [1.29, 1.82) is 0 Å². The number of piperidine rings is 1. The third kappa shape index (κ3) is 13.8. The van der Waals surface area contributed by atoms with Crippen LogP contribution in [0.15, 0.2) is 71.5 Å². The van der Waals surface area contributed by atoms with E-state index in [2.05, 4.69) is 40.7 Å². The number of nitrogens with zero attached hydrogens (tertiary/aromatic N) is 4. The highest BCUT2D eigenvalue weighted by atomic mass is 79.9. The van der Waals surface area contributed by atoms with E-state index in [1.165, 1.54) is 13.0 Å². The number of Topliss-reactive ketones (excluding diaryl/α,β-unsaturated/α-hetero) is 1. The van der Waals surface area contributed by atoms with Crippen molar-refractivity contribution in [3.05, 3.63) is 116 Å². The Labute approximate surface area is 386 Å². The number of rotatable bonds is 21. The van der Waals surface area contributed by atoms with Crippen LogP contribution in [0.1, 0.15) is 64.2 Å². The maximum atomic E-state index is 13.4. The van der Waals surface area contributed by atoms with Gasteiger partial charge in [-0.3, -0.25) is 24.6 Å². The van der Waals surface area contributed by atoms with Gasteiger partial charge in [0, 0.05) is 91.3 Å². The number of nitrogens with one attached hydrogen (secondary N) is 1. The van der Waals surface area contributed by atoms with Crippen molar-refractivity contribution in [2.75, 3.05) is 79.0 Å². The number of H-pyrrole nitrogens is 1. The van der Waals surface area contributed by atoms with E-state index in [0.717, 1.165) is 64.7 Å². The first kappa shape index (κ1) is 48.5. The van der Waals surface area contributed by atoms with E-state index in [1.807, 2.05) is 50.2 Å². The quantitative estimate of drug-likeness (QED) is 0.0693. The molecule has 350 valence electrons. The maximum absolute atomic E-state index is 13.4. The minimum Gasteiger partial charge on any atom is -0.491 e. The van der Waals surface area contributed by atoms with Gasteiger partial charge < -0.3 is 33.8 Å². The van der Waals surface area contributed by atoms with E-state index in [-0.39, 0.29) is 30.3 Å². The zero-order valence-corrected chi connectivity index (χ0v) is 38.9. The zero-order valence-electron chi connectivity index (χ0n) is 37.4. The first-order valence-electron chi connectivity index (χ1n) is 22.3. The molecule has 2 aromatic heterocycles. The van der Waals surface area contributed by atoms with Gasteiger partial charge in [-0.05, 0) is 99.2 Å². The van der Waals surface area contributed by atoms with Gasteiger partial charge in [0.1, 0.15) is 42.2 Å². The largest absolute Gasteiger partial charge is 0.491 e. The van der Waals surface area contributed by atoms with E-state index in [0.29, 0.717) is 107 Å². The van der Waals surface area contributed by atoms with Crippen LogP contribution in [-0.2, 0) is 50.2 Å². The summed E-state index contributed by atoms with van der Waals surface area (Å²) in [5.41, 5.74) is 3.75. The number of halogens is 4. The number of ketones is 1. The Kier molecular flexibility index (Phi) is 16.7. The topological polar surface area (TPSA) is 132 Å². The summed E-state index contributed by atoms with van der Waals surface area (Å²) >= 11 is 3.61. The van der Waals surface area contributed by atoms with Gasteiger partial charge in [-0.1, -0.05) is 28.1 Å². The molecule has 0 unspecified atom stereocenters. The average molecular weight is 967 g/mol. The molecule has 0 bridgehead atoms. The molecule has 12 nitrogen and oxygen atoms in total. The molecule has 1 atom stereocenters. The van der Waals surface area contributed by atoms with Crippen molar-refractivity contribution >= 4 is 32.6 Å². The Morgan fingerprint density at radius 1 is 0.892 bits per heavy atom. The second-order valence-corrected chi connectivity index (χ2v) is 18.0. The van der Waals surface area contributed by atoms with Gasteiger partial charge in [0.25, 0.3) is 0 Å². The molecule has 0 spiro atoms. The summed E-state index contributed by atoms with van der Waals surface area (Å²) in [5, 5.41) is 12.1. The predicted molar refractivity (Wildman–Crippen MR) is 244 cm³/mol. The number of hydrogen-bond donors (Lipinski definition) is 2. The maximum Gasteiger partial charge on any atom is 0.416 e. The average Bonchev–Trinajstić information content (AvgIpc) is 3.71. The van der Waals surface area contributed by atoms with Gasteiger partial charge >= 0.3 is 6.18 Å². The molecule has 4 heterocycles. The molecule has 2 aliphatic rings. The molecule has 2 aliphatic heterocycles. The number of aromatic amines is 1. The summed E-state index contributed by atoms with van der Waals surface area (Å²) in [6, 6.07) is 16.3. The lowest BCUT2D eigenvalue weighted by Gasteiger charge is -2.37. The molecular formula is C49H59BrF3N5O7. The second kappa shape index (κ2) is 22.4. The van der Waals surface area contributed by atoms with Gasteiger partial charge in [0.05, 0.1) is 49.8 Å². The van der Waals surface area contributed by atoms with Crippen LogP contribution in [0, 0.1) is 20.8 Å². The summed E-state index contributed by atoms with van der Waals surface area (Å²) in [6.07, 6.45) is 1.08. The van der Waals surface area contributed by atoms with E-state index < -0.39 is 17.3 Å². The van der Waals surface area contributed by atoms with Crippen LogP contribution < -0.4 is 9.47 Å². The number of likely N-dealkylation sites (tertiary alicyclic amines) is 1. The summed E-state index contributed by atoms with van der Waals surface area (Å²) in [7, 11) is 0. The second-order valence-electron chi connectivity index (χ2n) is 17.2. The fourth-order valence-electron chi connectivity index (χ4n) is 8.30. The van der Waals surface area contributed by atoms with Crippen LogP contribution in [0.2, 0.25) is 0 Å². The standard InChI is InChI=1S/C49H59BrF3N5O7/c1-33-21-37-25-47(56-45(37)27-43(33)49(51,52)53)48(60)9-12-58(13-10-48)30-36-5-7-41(8-6-36)64-20-19-62-18-17-61-15-4-11-57-14-16-63-42(31-57)32-65-46-22-34(2)44(50)24-38(46)23-40(59)26-39-29-54-35(3)28-55-39/h5-8,21-22,24-25,27-29,42,56,60H,4,9-20,23,26,30-32H2,1-3H3/t42-/m0/s1. The molecule has 2 saturated heterocycles. The zero-order chi connectivity index (χ0) is 46.0. The predicted octanol–water partition coefficient (Wildman–Crippen LogP) is 8.08. The number of aromatic nitrogens is 3. The van der Waals surface area contributed by atoms with Crippen LogP contribution >= 0.6 is 15.9 Å². The van der Waals surface area contributed by atoms with Gasteiger partial charge in [-0.2, -0.15) is 13.2 Å². The van der Waals surface area contributed by atoms with E-state index >= 15 is 0 Å². The highest BCUT2D eigenvalue weighted by Crippen LogP contribution is 2.38. The van der Waals surface area contributed by atoms with Crippen molar-refractivity contribution in [2.45, 2.75) is 77.3 Å². The van der Waals surface area contributed by atoms with Gasteiger partial charge in [-0.15, -0.1) is 0 Å². The van der Waals surface area contributed by atoms with Crippen LogP contribution in [-0.4, -0.2) is 121 Å². The van der Waals surface area contributed by atoms with Gasteiger partial charge in [0.15, 0.2) is 0 Å². The monoisotopic (exact) mass is 965 g/mol. The highest BCUT2D eigenvalue weighted by molar-refractivity contribution is 9.10. The number of aryl methyl sites for hydroxylation is 3. The van der Waals surface area contributed by atoms with Crippen LogP contribution in [0.25, 0.3) is 10.9 Å². The van der Waals surface area contributed by atoms with Gasteiger partial charge in [-0.25, -0.2) is 0 Å². The summed E-state index contributed by atoms with van der Waals surface area (Å²) in [4.78, 5) is 29.2. The minimum atomic E-state index is -4.43. The van der Waals surface area contributed by atoms with Crippen molar-refractivity contribution < 1.29 is 46.8 Å². The molecule has 2 N–H and O–H groups in total. The number of benzene rings is 3. The molecule has 0 radical (unpaired) electrons. The third-order valence-electron chi connectivity index (χ3n) is 12.0. The number of aliphatic hydroxyl groups is 1. The van der Waals surface area contributed by atoms with Crippen LogP contribution in [0.3, 0.4) is 0 Å². The molecule has 16 heteroatoms. The molecule has 65 heavy (non-hydrogen) atoms. The number of fused-ring (bicyclic) bond motifs is 1. The molecule has 0 aliphatic carbocycles. The smallest absolute Gasteiger partial charge is 0.416 e. The Morgan fingerprint density at radius 3 is 2.38 bits per heavy atom. The van der Waals surface area contributed by atoms with Crippen molar-refractivity contribution in [3.63, 3.8) is 0 Å². The highest BCUT2D eigenvalue weighted by Gasteiger charge is 2.37. The van der Waals surface area contributed by atoms with Crippen LogP contribution in [0.5, 0.6) is 11.5 Å². The molecular weight excluding hydrogens is 907 g/mol. The minimum absolute atomic E-state index is 0.0392. The molecule has 5 aromatic rings. The number of carbonyl (C=O) groups excluding carboxylic acids is 1. The Bertz CT molecular complexity index is 2340. The normalized spacial score (nSPS) is 17.1. The fourth-order valence-corrected chi connectivity index (χ4v) is 8.70. The van der Waals surface area contributed by atoms with Crippen molar-refractivity contribution in [2.24, 2.45) is 0 Å². The van der Waals surface area contributed by atoms with Crippen molar-refractivity contribution in [3.8, 4) is 11.5 Å². The lowest BCUT2D eigenvalue weighted by atomic mass is 9.88. The fraction of sp³-hybridized carbons (Fsp3) is 0.490. The first-order valence-corrected chi connectivity index (χ1v) is 23.1. The number of carbonyl (C=O) groups is 1. The Balaban J connectivity index is 0.727. The Hall–Kier alpha value is -4.42. The first-order chi connectivity index (χ1) is 31.2. The van der Waals surface area contributed by atoms with Crippen molar-refractivity contribution in [1.82, 2.24) is 24.8 Å². The molecule has 3 aromatic carbocycles. The molecule has 7 rings (SSSR count). The Morgan fingerprint density at radius 2 is 1.65 bits per heavy atom. The van der Waals surface area contributed by atoms with E-state index in [1.54, 1.807) is 18.5 Å². The third-order valence-corrected chi connectivity index (χ3v) is 12.9. The lowest BCUT2D eigenvalue weighted by molar-refractivity contribution is -0.138. The van der Waals surface area contributed by atoms with E-state index in [9.17, 15) is 23.1 Å². The van der Waals surface area contributed by atoms with Crippen LogP contribution in [0.4, 0.5) is 13.2 Å². The number of alkyl halides is 3. The summed E-state index contributed by atoms with van der Waals surface area (Å²) in [5.74, 6) is 1.49. The molecule has 2 fully saturated rings. The SMILES string of the molecule is Cc1cnc(CC(=O)Cc2cc(Br)c(C)cc2OC[C@@H]2CN(CCCOCCOCCOc3ccc(CN4CCC(O)(c5cc6cc(C)c(C(F)(F)F)cc6[nH]5)CC4)cc3)CCO2)cn1. The molecule has 0 amide bonds. The number of hydrogen-bond acceptors (Lipinski definition) is 11.